The number of thiophene rings is 1. The van der Waals surface area contributed by atoms with Gasteiger partial charge in [0.15, 0.2) is 0 Å². The maximum Gasteiger partial charge on any atom is 0.0701 e. The fourth-order valence-corrected chi connectivity index (χ4v) is 2.70. The van der Waals surface area contributed by atoms with Crippen LogP contribution in [0.5, 0.6) is 0 Å². The van der Waals surface area contributed by atoms with Crippen molar-refractivity contribution in [1.82, 2.24) is 4.90 Å². The van der Waals surface area contributed by atoms with E-state index in [4.69, 9.17) is 5.73 Å². The topological polar surface area (TPSA) is 29.3 Å². The molecule has 1 aromatic heterocycles. The summed E-state index contributed by atoms with van der Waals surface area (Å²) in [4.78, 5) is 2.31. The van der Waals surface area contributed by atoms with Crippen molar-refractivity contribution < 1.29 is 0 Å². The molecule has 0 spiro atoms. The van der Waals surface area contributed by atoms with Gasteiger partial charge in [-0.1, -0.05) is 6.92 Å². The second kappa shape index (κ2) is 5.85. The first kappa shape index (κ1) is 12.2. The lowest BCUT2D eigenvalue weighted by Crippen LogP contribution is -2.36. The van der Waals surface area contributed by atoms with Crippen LogP contribution in [0.15, 0.2) is 15.2 Å². The van der Waals surface area contributed by atoms with Gasteiger partial charge < -0.3 is 5.73 Å². The molecule has 0 fully saturated rings. The molecule has 1 atom stereocenters. The molecule has 2 nitrogen and oxygen atoms in total. The first-order valence-corrected chi connectivity index (χ1v) is 6.47. The highest BCUT2D eigenvalue weighted by molar-refractivity contribution is 9.11. The number of hydrogen-bond donors (Lipinski definition) is 1. The fourth-order valence-electron chi connectivity index (χ4n) is 1.50. The third kappa shape index (κ3) is 3.35. The molecule has 1 heterocycles. The van der Waals surface area contributed by atoms with E-state index in [9.17, 15) is 0 Å². The van der Waals surface area contributed by atoms with Crippen molar-refractivity contribution in [1.29, 1.82) is 0 Å². The first-order chi connectivity index (χ1) is 6.67. The first-order valence-electron chi connectivity index (χ1n) is 4.80. The number of hydrogen-bond acceptors (Lipinski definition) is 3. The molecule has 0 aliphatic carbocycles. The van der Waals surface area contributed by atoms with E-state index in [1.165, 1.54) is 9.35 Å². The van der Waals surface area contributed by atoms with E-state index in [0.29, 0.717) is 6.04 Å². The standard InChI is InChI=1S/C10H17BrN2S/c1-3-9(5-12)13(2)6-8-4-10(11)14-7-8/h4,7,9H,3,5-6,12H2,1-2H3. The molecule has 1 aromatic rings. The van der Waals surface area contributed by atoms with Crippen LogP contribution in [0.1, 0.15) is 18.9 Å². The van der Waals surface area contributed by atoms with Gasteiger partial charge in [0, 0.05) is 19.1 Å². The molecule has 0 saturated carbocycles. The number of rotatable bonds is 5. The van der Waals surface area contributed by atoms with E-state index in [2.05, 4.69) is 46.2 Å². The minimum atomic E-state index is 0.494. The monoisotopic (exact) mass is 276 g/mol. The lowest BCUT2D eigenvalue weighted by molar-refractivity contribution is 0.233. The summed E-state index contributed by atoms with van der Waals surface area (Å²) >= 11 is 5.20. The van der Waals surface area contributed by atoms with Gasteiger partial charge in [0.1, 0.15) is 0 Å². The van der Waals surface area contributed by atoms with Crippen molar-refractivity contribution in [3.8, 4) is 0 Å². The lowest BCUT2D eigenvalue weighted by atomic mass is 10.2. The lowest BCUT2D eigenvalue weighted by Gasteiger charge is -2.25. The van der Waals surface area contributed by atoms with Gasteiger partial charge in [-0.2, -0.15) is 0 Å². The largest absolute Gasteiger partial charge is 0.329 e. The van der Waals surface area contributed by atoms with Crippen LogP contribution in [0.4, 0.5) is 0 Å². The molecule has 4 heteroatoms. The maximum atomic E-state index is 5.69. The van der Waals surface area contributed by atoms with Gasteiger partial charge in [-0.25, -0.2) is 0 Å². The second-order valence-electron chi connectivity index (χ2n) is 3.47. The molecule has 80 valence electrons. The van der Waals surface area contributed by atoms with Crippen LogP contribution in [-0.2, 0) is 6.54 Å². The Balaban J connectivity index is 2.51. The third-order valence-corrected chi connectivity index (χ3v) is 3.97. The Morgan fingerprint density at radius 1 is 1.64 bits per heavy atom. The van der Waals surface area contributed by atoms with Crippen LogP contribution >= 0.6 is 27.3 Å². The Hall–Kier alpha value is 0.100. The second-order valence-corrected chi connectivity index (χ2v) is 5.76. The Kier molecular flexibility index (Phi) is 5.09. The van der Waals surface area contributed by atoms with Crippen molar-refractivity contribution in [3.63, 3.8) is 0 Å². The predicted molar refractivity (Wildman–Crippen MR) is 66.6 cm³/mol. The highest BCUT2D eigenvalue weighted by atomic mass is 79.9. The summed E-state index contributed by atoms with van der Waals surface area (Å²) in [6, 6.07) is 2.67. The molecule has 0 aromatic carbocycles. The van der Waals surface area contributed by atoms with Crippen LogP contribution in [-0.4, -0.2) is 24.5 Å². The number of nitrogens with zero attached hydrogens (tertiary/aromatic N) is 1. The van der Waals surface area contributed by atoms with Crippen molar-refractivity contribution >= 4 is 27.3 Å². The smallest absolute Gasteiger partial charge is 0.0701 e. The Labute approximate surface area is 98.2 Å². The summed E-state index contributed by atoms with van der Waals surface area (Å²) < 4.78 is 1.20. The van der Waals surface area contributed by atoms with Gasteiger partial charge in [-0.15, -0.1) is 11.3 Å². The van der Waals surface area contributed by atoms with E-state index in [-0.39, 0.29) is 0 Å². The van der Waals surface area contributed by atoms with Gasteiger partial charge in [-0.05, 0) is 46.4 Å². The van der Waals surface area contributed by atoms with E-state index in [0.717, 1.165) is 19.5 Å². The number of likely N-dealkylation sites (N-methyl/N-ethyl adjacent to an activating group) is 1. The summed E-state index contributed by atoms with van der Waals surface area (Å²) in [7, 11) is 2.13. The highest BCUT2D eigenvalue weighted by Crippen LogP contribution is 2.22. The zero-order chi connectivity index (χ0) is 10.6. The quantitative estimate of drug-likeness (QED) is 0.896. The zero-order valence-corrected chi connectivity index (χ0v) is 11.1. The van der Waals surface area contributed by atoms with Crippen LogP contribution in [0, 0.1) is 0 Å². The average Bonchev–Trinajstić information content (AvgIpc) is 2.53. The third-order valence-electron chi connectivity index (χ3n) is 2.42. The van der Waals surface area contributed by atoms with Crippen molar-refractivity contribution in [3.05, 3.63) is 20.8 Å². The van der Waals surface area contributed by atoms with Gasteiger partial charge in [0.2, 0.25) is 0 Å². The molecule has 0 aliphatic rings. The summed E-state index contributed by atoms with van der Waals surface area (Å²) in [6.45, 7) is 3.90. The fraction of sp³-hybridized carbons (Fsp3) is 0.600. The minimum Gasteiger partial charge on any atom is -0.329 e. The minimum absolute atomic E-state index is 0.494. The molecule has 0 saturated heterocycles. The van der Waals surface area contributed by atoms with Gasteiger partial charge in [0.05, 0.1) is 3.79 Å². The zero-order valence-electron chi connectivity index (χ0n) is 8.66. The summed E-state index contributed by atoms with van der Waals surface area (Å²) in [5.74, 6) is 0. The molecule has 14 heavy (non-hydrogen) atoms. The van der Waals surface area contributed by atoms with E-state index < -0.39 is 0 Å². The van der Waals surface area contributed by atoms with Gasteiger partial charge >= 0.3 is 0 Å². The normalized spacial score (nSPS) is 13.5. The van der Waals surface area contributed by atoms with Gasteiger partial charge in [-0.3, -0.25) is 4.90 Å². The SMILES string of the molecule is CCC(CN)N(C)Cc1csc(Br)c1. The molecular formula is C10H17BrN2S. The van der Waals surface area contributed by atoms with Crippen LogP contribution in [0.2, 0.25) is 0 Å². The van der Waals surface area contributed by atoms with Crippen molar-refractivity contribution in [2.24, 2.45) is 5.73 Å². The average molecular weight is 277 g/mol. The Bertz CT molecular complexity index is 271. The van der Waals surface area contributed by atoms with Crippen molar-refractivity contribution in [2.75, 3.05) is 13.6 Å². The maximum absolute atomic E-state index is 5.69. The summed E-state index contributed by atoms with van der Waals surface area (Å²) in [5, 5.41) is 2.18. The molecule has 2 N–H and O–H groups in total. The van der Waals surface area contributed by atoms with E-state index in [1.807, 2.05) is 0 Å². The van der Waals surface area contributed by atoms with Crippen LogP contribution in [0.3, 0.4) is 0 Å². The predicted octanol–water partition coefficient (Wildman–Crippen LogP) is 2.68. The molecule has 1 unspecified atom stereocenters. The molecule has 0 radical (unpaired) electrons. The summed E-state index contributed by atoms with van der Waals surface area (Å²) in [5.41, 5.74) is 7.05. The summed E-state index contributed by atoms with van der Waals surface area (Å²) in [6.07, 6.45) is 1.11. The molecule has 0 amide bonds. The van der Waals surface area contributed by atoms with Crippen LogP contribution in [0.25, 0.3) is 0 Å². The van der Waals surface area contributed by atoms with Crippen LogP contribution < -0.4 is 5.73 Å². The highest BCUT2D eigenvalue weighted by Gasteiger charge is 2.11. The van der Waals surface area contributed by atoms with E-state index in [1.54, 1.807) is 11.3 Å². The Morgan fingerprint density at radius 2 is 2.36 bits per heavy atom. The van der Waals surface area contributed by atoms with Gasteiger partial charge in [0.25, 0.3) is 0 Å². The number of nitrogens with two attached hydrogens (primary N) is 1. The Morgan fingerprint density at radius 3 is 2.79 bits per heavy atom. The molecule has 0 bridgehead atoms. The van der Waals surface area contributed by atoms with E-state index >= 15 is 0 Å². The number of halogens is 1. The molecular weight excluding hydrogens is 260 g/mol. The van der Waals surface area contributed by atoms with Crippen molar-refractivity contribution in [2.45, 2.75) is 25.9 Å². The molecule has 1 rings (SSSR count). The molecule has 0 aliphatic heterocycles.